The van der Waals surface area contributed by atoms with E-state index in [2.05, 4.69) is 52.8 Å². The molecule has 1 aliphatic carbocycles. The molecule has 110 valence electrons. The summed E-state index contributed by atoms with van der Waals surface area (Å²) in [6.45, 7) is 12.5. The molecule has 0 radical (unpaired) electrons. The fourth-order valence-electron chi connectivity index (χ4n) is 2.70. The highest BCUT2D eigenvalue weighted by atomic mass is 16.1. The molecule has 0 aliphatic heterocycles. The molecule has 1 rings (SSSR count). The predicted molar refractivity (Wildman–Crippen MR) is 87.7 cm³/mol. The molecule has 0 saturated carbocycles. The molecule has 1 nitrogen and oxygen atoms in total. The highest BCUT2D eigenvalue weighted by molar-refractivity contribution is 6.02. The number of Topliss-reactive ketones (excluding diaryl/α,β-unsaturated/α-hetero) is 1. The first-order chi connectivity index (χ1) is 9.24. The molecule has 1 heteroatoms. The van der Waals surface area contributed by atoms with Gasteiger partial charge in [-0.2, -0.15) is 0 Å². The van der Waals surface area contributed by atoms with Gasteiger partial charge in [0.25, 0.3) is 0 Å². The van der Waals surface area contributed by atoms with E-state index in [0.29, 0.717) is 0 Å². The minimum atomic E-state index is -0.360. The van der Waals surface area contributed by atoms with Crippen LogP contribution in [0, 0.1) is 5.41 Å². The zero-order valence-electron chi connectivity index (χ0n) is 13.8. The fraction of sp³-hybridized carbons (Fsp3) is 0.526. The van der Waals surface area contributed by atoms with Crippen LogP contribution in [0.5, 0.6) is 0 Å². The van der Waals surface area contributed by atoms with Crippen molar-refractivity contribution < 1.29 is 4.79 Å². The average molecular weight is 272 g/mol. The molecule has 0 saturated heterocycles. The van der Waals surface area contributed by atoms with Gasteiger partial charge >= 0.3 is 0 Å². The van der Waals surface area contributed by atoms with Gasteiger partial charge in [0, 0.05) is 0 Å². The number of carbonyl (C=O) groups is 1. The van der Waals surface area contributed by atoms with Gasteiger partial charge < -0.3 is 0 Å². The van der Waals surface area contributed by atoms with Crippen molar-refractivity contribution in [2.24, 2.45) is 5.41 Å². The van der Waals surface area contributed by atoms with Gasteiger partial charge in [0.05, 0.1) is 5.41 Å². The maximum absolute atomic E-state index is 12.4. The Morgan fingerprint density at radius 3 is 2.45 bits per heavy atom. The number of allylic oxidation sites excluding steroid dienone is 8. The standard InChI is InChI=1S/C19H28O/c1-14(2)8-7-9-15(3)10-11-19(6)13-16(4)12-17(5)18(19)20/h8,10,12-13H,7,9,11H2,1-6H3/b15-10+. The van der Waals surface area contributed by atoms with E-state index in [0.717, 1.165) is 24.8 Å². The Kier molecular flexibility index (Phi) is 5.74. The lowest BCUT2D eigenvalue weighted by Gasteiger charge is -2.28. The van der Waals surface area contributed by atoms with E-state index in [9.17, 15) is 4.79 Å². The fourth-order valence-corrected chi connectivity index (χ4v) is 2.70. The molecule has 1 unspecified atom stereocenters. The van der Waals surface area contributed by atoms with Crippen molar-refractivity contribution in [3.8, 4) is 0 Å². The van der Waals surface area contributed by atoms with Crippen molar-refractivity contribution in [2.45, 2.75) is 60.8 Å². The van der Waals surface area contributed by atoms with E-state index in [-0.39, 0.29) is 11.2 Å². The molecule has 0 aromatic heterocycles. The number of rotatable bonds is 5. The van der Waals surface area contributed by atoms with Crippen LogP contribution in [0.3, 0.4) is 0 Å². The van der Waals surface area contributed by atoms with E-state index in [1.165, 1.54) is 16.7 Å². The Hall–Kier alpha value is -1.37. The van der Waals surface area contributed by atoms with Crippen LogP contribution in [0.1, 0.15) is 60.8 Å². The molecule has 1 atom stereocenters. The van der Waals surface area contributed by atoms with Crippen LogP contribution in [-0.4, -0.2) is 5.78 Å². The van der Waals surface area contributed by atoms with E-state index in [1.54, 1.807) is 0 Å². The first-order valence-electron chi connectivity index (χ1n) is 7.46. The lowest BCUT2D eigenvalue weighted by atomic mass is 9.74. The van der Waals surface area contributed by atoms with Gasteiger partial charge in [-0.1, -0.05) is 41.0 Å². The second-order valence-corrected chi connectivity index (χ2v) is 6.54. The Balaban J connectivity index is 2.70. The van der Waals surface area contributed by atoms with Crippen LogP contribution in [-0.2, 0) is 4.79 Å². The van der Waals surface area contributed by atoms with Crippen molar-refractivity contribution in [1.82, 2.24) is 0 Å². The topological polar surface area (TPSA) is 17.1 Å². The van der Waals surface area contributed by atoms with Gasteiger partial charge in [-0.25, -0.2) is 0 Å². The smallest absolute Gasteiger partial charge is 0.168 e. The monoisotopic (exact) mass is 272 g/mol. The number of carbonyl (C=O) groups excluding carboxylic acids is 1. The quantitative estimate of drug-likeness (QED) is 0.600. The largest absolute Gasteiger partial charge is 0.294 e. The second kappa shape index (κ2) is 6.88. The molecule has 20 heavy (non-hydrogen) atoms. The van der Waals surface area contributed by atoms with Crippen molar-refractivity contribution in [3.05, 3.63) is 46.6 Å². The third kappa shape index (κ3) is 4.63. The third-order valence-corrected chi connectivity index (χ3v) is 3.83. The van der Waals surface area contributed by atoms with Crippen molar-refractivity contribution in [2.75, 3.05) is 0 Å². The SMILES string of the molecule is CC(C)=CCC/C(C)=C/CC1(C)C=C(C)C=C(C)C1=O. The highest BCUT2D eigenvalue weighted by Gasteiger charge is 2.32. The van der Waals surface area contributed by atoms with Gasteiger partial charge in [-0.05, 0) is 66.4 Å². The molecular formula is C19H28O. The predicted octanol–water partition coefficient (Wildman–Crippen LogP) is 5.55. The van der Waals surface area contributed by atoms with Crippen molar-refractivity contribution in [3.63, 3.8) is 0 Å². The maximum Gasteiger partial charge on any atom is 0.168 e. The lowest BCUT2D eigenvalue weighted by Crippen LogP contribution is -2.28. The van der Waals surface area contributed by atoms with E-state index < -0.39 is 0 Å². The summed E-state index contributed by atoms with van der Waals surface area (Å²) in [7, 11) is 0. The first kappa shape index (κ1) is 16.7. The van der Waals surface area contributed by atoms with Crippen LogP contribution in [0.2, 0.25) is 0 Å². The minimum absolute atomic E-state index is 0.261. The van der Waals surface area contributed by atoms with Crippen molar-refractivity contribution in [1.29, 1.82) is 0 Å². The van der Waals surface area contributed by atoms with E-state index in [1.807, 2.05) is 13.0 Å². The zero-order valence-corrected chi connectivity index (χ0v) is 13.8. The summed E-state index contributed by atoms with van der Waals surface area (Å²) in [5, 5.41) is 0. The lowest BCUT2D eigenvalue weighted by molar-refractivity contribution is -0.121. The van der Waals surface area contributed by atoms with Crippen LogP contribution < -0.4 is 0 Å². The summed E-state index contributed by atoms with van der Waals surface area (Å²) >= 11 is 0. The Labute approximate surface area is 124 Å². The maximum atomic E-state index is 12.4. The van der Waals surface area contributed by atoms with Crippen LogP contribution >= 0.6 is 0 Å². The minimum Gasteiger partial charge on any atom is -0.294 e. The number of hydrogen-bond acceptors (Lipinski definition) is 1. The molecule has 0 spiro atoms. The molecule has 0 bridgehead atoms. The summed E-state index contributed by atoms with van der Waals surface area (Å²) in [6, 6.07) is 0. The molecule has 0 heterocycles. The summed E-state index contributed by atoms with van der Waals surface area (Å²) in [6.07, 6.45) is 11.6. The molecule has 1 aliphatic rings. The number of hydrogen-bond donors (Lipinski definition) is 0. The summed E-state index contributed by atoms with van der Waals surface area (Å²) in [4.78, 5) is 12.4. The van der Waals surface area contributed by atoms with Crippen LogP contribution in [0.25, 0.3) is 0 Å². The summed E-state index contributed by atoms with van der Waals surface area (Å²) < 4.78 is 0. The van der Waals surface area contributed by atoms with Gasteiger partial charge in [0.2, 0.25) is 0 Å². The van der Waals surface area contributed by atoms with Crippen LogP contribution in [0.4, 0.5) is 0 Å². The van der Waals surface area contributed by atoms with Gasteiger partial charge in [0.15, 0.2) is 5.78 Å². The Morgan fingerprint density at radius 1 is 1.20 bits per heavy atom. The summed E-state index contributed by atoms with van der Waals surface area (Å²) in [5.74, 6) is 0.261. The first-order valence-corrected chi connectivity index (χ1v) is 7.46. The third-order valence-electron chi connectivity index (χ3n) is 3.83. The van der Waals surface area contributed by atoms with Gasteiger partial charge in [-0.3, -0.25) is 4.79 Å². The van der Waals surface area contributed by atoms with Gasteiger partial charge in [-0.15, -0.1) is 0 Å². The van der Waals surface area contributed by atoms with Gasteiger partial charge in [0.1, 0.15) is 0 Å². The molecule has 0 aromatic rings. The molecular weight excluding hydrogens is 244 g/mol. The zero-order chi connectivity index (χ0) is 15.3. The normalized spacial score (nSPS) is 23.3. The highest BCUT2D eigenvalue weighted by Crippen LogP contribution is 2.34. The second-order valence-electron chi connectivity index (χ2n) is 6.54. The molecule has 0 fully saturated rings. The Bertz CT molecular complexity index is 496. The molecule has 0 amide bonds. The molecule has 0 N–H and O–H groups in total. The van der Waals surface area contributed by atoms with E-state index >= 15 is 0 Å². The number of ketones is 1. The molecule has 0 aromatic carbocycles. The Morgan fingerprint density at radius 2 is 1.85 bits per heavy atom. The average Bonchev–Trinajstić information content (AvgIpc) is 2.33. The van der Waals surface area contributed by atoms with E-state index in [4.69, 9.17) is 0 Å². The van der Waals surface area contributed by atoms with Crippen molar-refractivity contribution >= 4 is 5.78 Å². The summed E-state index contributed by atoms with van der Waals surface area (Å²) in [5.41, 5.74) is 4.45. The van der Waals surface area contributed by atoms with Crippen LogP contribution in [0.15, 0.2) is 46.6 Å².